The Morgan fingerprint density at radius 2 is 2.43 bits per heavy atom. The lowest BCUT2D eigenvalue weighted by Gasteiger charge is -2.22. The van der Waals surface area contributed by atoms with Gasteiger partial charge < -0.3 is 9.84 Å². The SMILES string of the molecule is CCCSCc1noc(C2CNC2)n1. The molecule has 2 rings (SSSR count). The van der Waals surface area contributed by atoms with Gasteiger partial charge in [-0.05, 0) is 12.2 Å². The quantitative estimate of drug-likeness (QED) is 0.749. The lowest BCUT2D eigenvalue weighted by molar-refractivity contribution is 0.306. The zero-order valence-corrected chi connectivity index (χ0v) is 9.14. The van der Waals surface area contributed by atoms with Crippen LogP contribution in [0.4, 0.5) is 0 Å². The molecule has 0 aliphatic carbocycles. The first-order chi connectivity index (χ1) is 6.90. The second-order valence-corrected chi connectivity index (χ2v) is 4.56. The topological polar surface area (TPSA) is 51.0 Å². The van der Waals surface area contributed by atoms with Crippen molar-refractivity contribution in [1.82, 2.24) is 15.5 Å². The van der Waals surface area contributed by atoms with E-state index < -0.39 is 0 Å². The normalized spacial score (nSPS) is 16.9. The van der Waals surface area contributed by atoms with Crippen LogP contribution in [0.5, 0.6) is 0 Å². The minimum Gasteiger partial charge on any atom is -0.339 e. The molecule has 1 aromatic rings. The molecule has 1 fully saturated rings. The molecule has 0 unspecified atom stereocenters. The Morgan fingerprint density at radius 3 is 3.07 bits per heavy atom. The van der Waals surface area contributed by atoms with E-state index in [0.717, 1.165) is 36.3 Å². The molecule has 1 aliphatic heterocycles. The first kappa shape index (κ1) is 9.98. The summed E-state index contributed by atoms with van der Waals surface area (Å²) in [6.45, 7) is 4.13. The summed E-state index contributed by atoms with van der Waals surface area (Å²) in [6, 6.07) is 0. The number of thioether (sulfide) groups is 1. The van der Waals surface area contributed by atoms with Crippen LogP contribution in [-0.4, -0.2) is 29.0 Å². The zero-order valence-electron chi connectivity index (χ0n) is 8.32. The van der Waals surface area contributed by atoms with Crippen molar-refractivity contribution in [2.75, 3.05) is 18.8 Å². The van der Waals surface area contributed by atoms with Crippen molar-refractivity contribution in [1.29, 1.82) is 0 Å². The van der Waals surface area contributed by atoms with Gasteiger partial charge in [0.15, 0.2) is 5.82 Å². The molecule has 0 spiro atoms. The second kappa shape index (κ2) is 4.79. The van der Waals surface area contributed by atoms with Gasteiger partial charge in [0.2, 0.25) is 5.89 Å². The molecular formula is C9H15N3OS. The average molecular weight is 213 g/mol. The van der Waals surface area contributed by atoms with Gasteiger partial charge in [-0.15, -0.1) is 0 Å². The van der Waals surface area contributed by atoms with Crippen molar-refractivity contribution in [2.24, 2.45) is 0 Å². The van der Waals surface area contributed by atoms with E-state index in [0.29, 0.717) is 5.92 Å². The van der Waals surface area contributed by atoms with Crippen LogP contribution >= 0.6 is 11.8 Å². The maximum absolute atomic E-state index is 5.18. The lowest BCUT2D eigenvalue weighted by Crippen LogP contribution is -2.40. The first-order valence-corrected chi connectivity index (χ1v) is 6.16. The summed E-state index contributed by atoms with van der Waals surface area (Å²) in [4.78, 5) is 4.37. The largest absolute Gasteiger partial charge is 0.339 e. The molecule has 4 nitrogen and oxygen atoms in total. The lowest BCUT2D eigenvalue weighted by atomic mass is 10.0. The third-order valence-electron chi connectivity index (χ3n) is 2.19. The van der Waals surface area contributed by atoms with Crippen LogP contribution < -0.4 is 5.32 Å². The molecule has 0 aromatic carbocycles. The second-order valence-electron chi connectivity index (χ2n) is 3.46. The van der Waals surface area contributed by atoms with E-state index in [4.69, 9.17) is 4.52 Å². The molecule has 0 atom stereocenters. The summed E-state index contributed by atoms with van der Waals surface area (Å²) in [7, 11) is 0. The van der Waals surface area contributed by atoms with Gasteiger partial charge in [-0.2, -0.15) is 16.7 Å². The van der Waals surface area contributed by atoms with Crippen LogP contribution in [0.2, 0.25) is 0 Å². The van der Waals surface area contributed by atoms with Crippen LogP contribution in [-0.2, 0) is 5.75 Å². The van der Waals surface area contributed by atoms with Gasteiger partial charge in [-0.1, -0.05) is 12.1 Å². The Labute approximate surface area is 87.8 Å². The van der Waals surface area contributed by atoms with Gasteiger partial charge in [0.25, 0.3) is 0 Å². The van der Waals surface area contributed by atoms with Gasteiger partial charge in [0, 0.05) is 13.1 Å². The maximum atomic E-state index is 5.18. The predicted molar refractivity (Wildman–Crippen MR) is 56.4 cm³/mol. The van der Waals surface area contributed by atoms with Crippen molar-refractivity contribution in [3.05, 3.63) is 11.7 Å². The fourth-order valence-electron chi connectivity index (χ4n) is 1.26. The summed E-state index contributed by atoms with van der Waals surface area (Å²) >= 11 is 1.86. The number of nitrogens with zero attached hydrogens (tertiary/aromatic N) is 2. The highest BCUT2D eigenvalue weighted by molar-refractivity contribution is 7.98. The fourth-order valence-corrected chi connectivity index (χ4v) is 2.00. The van der Waals surface area contributed by atoms with Gasteiger partial charge in [-0.3, -0.25) is 0 Å². The Bertz CT molecular complexity index is 285. The maximum Gasteiger partial charge on any atom is 0.232 e. The fraction of sp³-hybridized carbons (Fsp3) is 0.778. The molecule has 1 aromatic heterocycles. The van der Waals surface area contributed by atoms with E-state index in [1.54, 1.807) is 0 Å². The average Bonchev–Trinajstić information content (AvgIpc) is 2.51. The molecule has 2 heterocycles. The van der Waals surface area contributed by atoms with Gasteiger partial charge in [0.1, 0.15) is 0 Å². The standard InChI is InChI=1S/C9H15N3OS/c1-2-3-14-6-8-11-9(13-12-8)7-4-10-5-7/h7,10H,2-6H2,1H3. The van der Waals surface area contributed by atoms with E-state index in [2.05, 4.69) is 22.4 Å². The first-order valence-electron chi connectivity index (χ1n) is 5.01. The molecule has 14 heavy (non-hydrogen) atoms. The molecule has 0 bridgehead atoms. The molecular weight excluding hydrogens is 198 g/mol. The third kappa shape index (κ3) is 2.27. The summed E-state index contributed by atoms with van der Waals surface area (Å²) in [5.74, 6) is 4.13. The van der Waals surface area contributed by atoms with E-state index >= 15 is 0 Å². The zero-order chi connectivity index (χ0) is 9.80. The van der Waals surface area contributed by atoms with Crippen molar-refractivity contribution < 1.29 is 4.52 Å². The number of aromatic nitrogens is 2. The van der Waals surface area contributed by atoms with E-state index in [1.807, 2.05) is 11.8 Å². The molecule has 5 heteroatoms. The Hall–Kier alpha value is -0.550. The van der Waals surface area contributed by atoms with E-state index in [-0.39, 0.29) is 0 Å². The third-order valence-corrected chi connectivity index (χ3v) is 3.35. The van der Waals surface area contributed by atoms with Crippen LogP contribution in [0.1, 0.15) is 31.0 Å². The Balaban J connectivity index is 1.83. The summed E-state index contributed by atoms with van der Waals surface area (Å²) in [5, 5.41) is 7.14. The smallest absolute Gasteiger partial charge is 0.232 e. The van der Waals surface area contributed by atoms with Crippen LogP contribution in [0.25, 0.3) is 0 Å². The highest BCUT2D eigenvalue weighted by Crippen LogP contribution is 2.18. The summed E-state index contributed by atoms with van der Waals surface area (Å²) in [6.07, 6.45) is 1.20. The predicted octanol–water partition coefficient (Wildman–Crippen LogP) is 1.40. The van der Waals surface area contributed by atoms with E-state index in [9.17, 15) is 0 Å². The molecule has 0 saturated carbocycles. The molecule has 1 N–H and O–H groups in total. The van der Waals surface area contributed by atoms with Gasteiger partial charge >= 0.3 is 0 Å². The number of nitrogens with one attached hydrogen (secondary N) is 1. The monoisotopic (exact) mass is 213 g/mol. The Morgan fingerprint density at radius 1 is 1.57 bits per heavy atom. The minimum absolute atomic E-state index is 0.451. The highest BCUT2D eigenvalue weighted by Gasteiger charge is 2.24. The molecule has 78 valence electrons. The minimum atomic E-state index is 0.451. The summed E-state index contributed by atoms with van der Waals surface area (Å²) < 4.78 is 5.18. The Kier molecular flexibility index (Phi) is 3.42. The molecule has 0 amide bonds. The van der Waals surface area contributed by atoms with Crippen LogP contribution in [0.15, 0.2) is 4.52 Å². The van der Waals surface area contributed by atoms with Crippen LogP contribution in [0, 0.1) is 0 Å². The van der Waals surface area contributed by atoms with Crippen LogP contribution in [0.3, 0.4) is 0 Å². The van der Waals surface area contributed by atoms with Crippen molar-refractivity contribution >= 4 is 11.8 Å². The van der Waals surface area contributed by atoms with Gasteiger partial charge in [-0.25, -0.2) is 0 Å². The van der Waals surface area contributed by atoms with Crippen molar-refractivity contribution in [2.45, 2.75) is 25.0 Å². The number of hydrogen-bond donors (Lipinski definition) is 1. The van der Waals surface area contributed by atoms with Crippen molar-refractivity contribution in [3.63, 3.8) is 0 Å². The van der Waals surface area contributed by atoms with Gasteiger partial charge in [0.05, 0.1) is 11.7 Å². The van der Waals surface area contributed by atoms with E-state index in [1.165, 1.54) is 6.42 Å². The molecule has 1 saturated heterocycles. The molecule has 1 aliphatic rings. The highest BCUT2D eigenvalue weighted by atomic mass is 32.2. The summed E-state index contributed by atoms with van der Waals surface area (Å²) in [5.41, 5.74) is 0. The van der Waals surface area contributed by atoms with Crippen molar-refractivity contribution in [3.8, 4) is 0 Å². The molecule has 0 radical (unpaired) electrons. The number of rotatable bonds is 5. The number of hydrogen-bond acceptors (Lipinski definition) is 5.